The Morgan fingerprint density at radius 3 is 2.95 bits per heavy atom. The molecule has 4 nitrogen and oxygen atoms in total. The van der Waals surface area contributed by atoms with E-state index in [0.717, 1.165) is 24.2 Å². The molecule has 2 aromatic rings. The van der Waals surface area contributed by atoms with E-state index in [0.29, 0.717) is 22.4 Å². The van der Waals surface area contributed by atoms with Crippen LogP contribution in [0.1, 0.15) is 48.4 Å². The minimum atomic E-state index is -0.902. The smallest absolute Gasteiger partial charge is 0.337 e. The summed E-state index contributed by atoms with van der Waals surface area (Å²) in [5.41, 5.74) is 1.91. The number of para-hydroxylation sites is 1. The van der Waals surface area contributed by atoms with Gasteiger partial charge in [-0.05, 0) is 31.2 Å². The number of hydrogen-bond acceptors (Lipinski definition) is 3. The maximum atomic E-state index is 11.4. The molecule has 2 unspecified atom stereocenters. The molecule has 1 aliphatic carbocycles. The first kappa shape index (κ1) is 14.4. The molecule has 0 bridgehead atoms. The van der Waals surface area contributed by atoms with E-state index >= 15 is 0 Å². The molecule has 0 radical (unpaired) electrons. The molecule has 1 N–H and O–H groups in total. The maximum Gasteiger partial charge on any atom is 0.337 e. The Labute approximate surface area is 128 Å². The second-order valence-electron chi connectivity index (χ2n) is 5.50. The molecule has 0 amide bonds. The summed E-state index contributed by atoms with van der Waals surface area (Å²) in [5.74, 6) is 0.102. The highest BCUT2D eigenvalue weighted by Crippen LogP contribution is 2.40. The lowest BCUT2D eigenvalue weighted by molar-refractivity contribution is 0.0699. The Morgan fingerprint density at radius 2 is 2.29 bits per heavy atom. The number of carboxylic acid groups (broad SMARTS) is 1. The van der Waals surface area contributed by atoms with Crippen molar-refractivity contribution >= 4 is 28.8 Å². The van der Waals surface area contributed by atoms with Gasteiger partial charge in [-0.2, -0.15) is 11.8 Å². The zero-order valence-electron chi connectivity index (χ0n) is 12.4. The Bertz CT molecular complexity index is 680. The van der Waals surface area contributed by atoms with Gasteiger partial charge in [-0.1, -0.05) is 19.4 Å². The topological polar surface area (TPSA) is 55.1 Å². The van der Waals surface area contributed by atoms with Crippen LogP contribution in [-0.4, -0.2) is 32.1 Å². The number of rotatable bonds is 4. The summed E-state index contributed by atoms with van der Waals surface area (Å²) in [6.07, 6.45) is 6.61. The number of aromatic nitrogens is 2. The molecule has 1 fully saturated rings. The molecule has 1 aromatic heterocycles. The van der Waals surface area contributed by atoms with Crippen LogP contribution in [0.4, 0.5) is 0 Å². The fraction of sp³-hybridized carbons (Fsp3) is 0.500. The van der Waals surface area contributed by atoms with Crippen molar-refractivity contribution in [3.8, 4) is 0 Å². The largest absolute Gasteiger partial charge is 0.478 e. The number of aromatic carboxylic acids is 1. The number of nitrogens with zero attached hydrogens (tertiary/aromatic N) is 2. The predicted octanol–water partition coefficient (Wildman–Crippen LogP) is 3.75. The molecule has 5 heteroatoms. The molecule has 1 saturated carbocycles. The van der Waals surface area contributed by atoms with Crippen LogP contribution in [0.3, 0.4) is 0 Å². The number of hydrogen-bond donors (Lipinski definition) is 1. The Morgan fingerprint density at radius 1 is 1.48 bits per heavy atom. The number of fused-ring (bicyclic) bond motifs is 1. The van der Waals surface area contributed by atoms with Crippen LogP contribution in [0.25, 0.3) is 11.0 Å². The summed E-state index contributed by atoms with van der Waals surface area (Å²) >= 11 is 1.91. The third-order valence-electron chi connectivity index (χ3n) is 4.39. The molecule has 0 saturated heterocycles. The van der Waals surface area contributed by atoms with E-state index in [-0.39, 0.29) is 0 Å². The van der Waals surface area contributed by atoms with Crippen LogP contribution in [0, 0.1) is 0 Å². The van der Waals surface area contributed by atoms with Gasteiger partial charge in [0.2, 0.25) is 0 Å². The first-order valence-corrected chi connectivity index (χ1v) is 8.72. The molecule has 0 aliphatic heterocycles. The fourth-order valence-electron chi connectivity index (χ4n) is 3.43. The van der Waals surface area contributed by atoms with Crippen LogP contribution >= 0.6 is 11.8 Å². The number of thioether (sulfide) groups is 1. The average molecular weight is 304 g/mol. The van der Waals surface area contributed by atoms with E-state index < -0.39 is 5.97 Å². The van der Waals surface area contributed by atoms with E-state index in [2.05, 4.69) is 22.7 Å². The summed E-state index contributed by atoms with van der Waals surface area (Å²) in [6.45, 7) is 2.08. The van der Waals surface area contributed by atoms with Crippen molar-refractivity contribution in [2.75, 3.05) is 6.26 Å². The number of aryl methyl sites for hydroxylation is 1. The minimum absolute atomic E-state index is 0.305. The van der Waals surface area contributed by atoms with Crippen LogP contribution in [0.15, 0.2) is 18.2 Å². The molecule has 1 aromatic carbocycles. The minimum Gasteiger partial charge on any atom is -0.478 e. The molecule has 1 aliphatic rings. The second-order valence-corrected chi connectivity index (χ2v) is 6.58. The third kappa shape index (κ3) is 2.33. The van der Waals surface area contributed by atoms with E-state index in [9.17, 15) is 9.90 Å². The molecule has 0 spiro atoms. The highest BCUT2D eigenvalue weighted by atomic mass is 32.2. The average Bonchev–Trinajstić information content (AvgIpc) is 3.09. The van der Waals surface area contributed by atoms with E-state index in [4.69, 9.17) is 0 Å². The maximum absolute atomic E-state index is 11.4. The van der Waals surface area contributed by atoms with Crippen LogP contribution in [0.2, 0.25) is 0 Å². The molecule has 112 valence electrons. The van der Waals surface area contributed by atoms with Gasteiger partial charge in [-0.15, -0.1) is 0 Å². The molecular weight excluding hydrogens is 284 g/mol. The summed E-state index contributed by atoms with van der Waals surface area (Å²) in [5, 5.41) is 9.96. The van der Waals surface area contributed by atoms with E-state index in [1.54, 1.807) is 6.07 Å². The highest BCUT2D eigenvalue weighted by Gasteiger charge is 2.31. The van der Waals surface area contributed by atoms with Gasteiger partial charge in [0, 0.05) is 17.7 Å². The Hall–Kier alpha value is -1.49. The highest BCUT2D eigenvalue weighted by molar-refractivity contribution is 7.99. The van der Waals surface area contributed by atoms with Gasteiger partial charge in [-0.3, -0.25) is 0 Å². The monoisotopic (exact) mass is 304 g/mol. The molecule has 2 atom stereocenters. The number of carboxylic acids is 1. The molecule has 3 rings (SSSR count). The van der Waals surface area contributed by atoms with Gasteiger partial charge in [0.15, 0.2) is 0 Å². The second kappa shape index (κ2) is 5.72. The number of carbonyl (C=O) groups is 1. The quantitative estimate of drug-likeness (QED) is 0.934. The van der Waals surface area contributed by atoms with Crippen molar-refractivity contribution in [2.24, 2.45) is 0 Å². The normalized spacial score (nSPS) is 22.0. The van der Waals surface area contributed by atoms with Crippen LogP contribution in [-0.2, 0) is 6.42 Å². The summed E-state index contributed by atoms with van der Waals surface area (Å²) in [6, 6.07) is 5.90. The molecule has 21 heavy (non-hydrogen) atoms. The predicted molar refractivity (Wildman–Crippen MR) is 86.3 cm³/mol. The van der Waals surface area contributed by atoms with Crippen molar-refractivity contribution in [2.45, 2.75) is 43.9 Å². The zero-order valence-corrected chi connectivity index (χ0v) is 13.2. The zero-order chi connectivity index (χ0) is 15.0. The van der Waals surface area contributed by atoms with Crippen LogP contribution in [0.5, 0.6) is 0 Å². The lowest BCUT2D eigenvalue weighted by Crippen LogP contribution is -2.18. The Balaban J connectivity index is 2.21. The number of benzene rings is 1. The van der Waals surface area contributed by atoms with E-state index in [1.165, 1.54) is 12.8 Å². The molecule has 1 heterocycles. The van der Waals surface area contributed by atoms with Gasteiger partial charge in [-0.25, -0.2) is 9.78 Å². The summed E-state index contributed by atoms with van der Waals surface area (Å²) in [7, 11) is 0. The van der Waals surface area contributed by atoms with Crippen LogP contribution < -0.4 is 0 Å². The van der Waals surface area contributed by atoms with Crippen molar-refractivity contribution in [1.29, 1.82) is 0 Å². The van der Waals surface area contributed by atoms with Crippen molar-refractivity contribution in [1.82, 2.24) is 9.55 Å². The van der Waals surface area contributed by atoms with E-state index in [1.807, 2.05) is 23.9 Å². The Kier molecular flexibility index (Phi) is 3.93. The standard InChI is InChI=1S/C16H20N2O2S/c1-3-14-17-15-10(16(19)20)6-4-8-12(15)18(14)11-7-5-9-13(11)21-2/h4,6,8,11,13H,3,5,7,9H2,1-2H3,(H,19,20). The van der Waals surface area contributed by atoms with Gasteiger partial charge in [0.1, 0.15) is 11.3 Å². The van der Waals surface area contributed by atoms with Crippen molar-refractivity contribution in [3.63, 3.8) is 0 Å². The lowest BCUT2D eigenvalue weighted by atomic mass is 10.1. The SMILES string of the molecule is CCc1nc2c(C(=O)O)cccc2n1C1CCCC1SC. The lowest BCUT2D eigenvalue weighted by Gasteiger charge is -2.22. The summed E-state index contributed by atoms with van der Waals surface area (Å²) < 4.78 is 2.30. The van der Waals surface area contributed by atoms with Gasteiger partial charge < -0.3 is 9.67 Å². The summed E-state index contributed by atoms with van der Waals surface area (Å²) in [4.78, 5) is 16.1. The third-order valence-corrected chi connectivity index (χ3v) is 5.55. The van der Waals surface area contributed by atoms with Gasteiger partial charge in [0.05, 0.1) is 11.1 Å². The van der Waals surface area contributed by atoms with Gasteiger partial charge in [0.25, 0.3) is 0 Å². The fourth-order valence-corrected chi connectivity index (χ4v) is 4.41. The van der Waals surface area contributed by atoms with Gasteiger partial charge >= 0.3 is 5.97 Å². The van der Waals surface area contributed by atoms with Crippen molar-refractivity contribution < 1.29 is 9.90 Å². The first-order valence-electron chi connectivity index (χ1n) is 7.43. The van der Waals surface area contributed by atoms with Crippen molar-refractivity contribution in [3.05, 3.63) is 29.6 Å². The first-order chi connectivity index (χ1) is 10.2. The molecular formula is C16H20N2O2S. The number of imidazole rings is 1.